The Morgan fingerprint density at radius 1 is 0.441 bits per heavy atom. The van der Waals surface area contributed by atoms with Crippen molar-refractivity contribution >= 4 is 6.85 Å². The van der Waals surface area contributed by atoms with Crippen LogP contribution in [0.4, 0.5) is 0 Å². The van der Waals surface area contributed by atoms with E-state index in [4.69, 9.17) is 0 Å². The first-order chi connectivity index (χ1) is 16.5. The van der Waals surface area contributed by atoms with Crippen LogP contribution in [0.15, 0.2) is 0 Å². The van der Waals surface area contributed by atoms with Crippen LogP contribution in [0.25, 0.3) is 0 Å². The molecule has 0 spiro atoms. The first kappa shape index (κ1) is 24.4. The van der Waals surface area contributed by atoms with Gasteiger partial charge in [0.1, 0.15) is 0 Å². The molecule has 0 aromatic heterocycles. The normalized spacial score (nSPS) is 46.3. The van der Waals surface area contributed by atoms with Crippen LogP contribution >= 0.6 is 0 Å². The summed E-state index contributed by atoms with van der Waals surface area (Å²) >= 11 is 0. The van der Waals surface area contributed by atoms with Crippen LogP contribution in [-0.2, 0) is 0 Å². The lowest BCUT2D eigenvalue weighted by Crippen LogP contribution is -2.55. The van der Waals surface area contributed by atoms with E-state index in [1.54, 1.807) is 77.0 Å². The van der Waals surface area contributed by atoms with Crippen molar-refractivity contribution in [1.29, 1.82) is 0 Å². The second-order valence-electron chi connectivity index (χ2n) is 14.8. The van der Waals surface area contributed by atoms with Gasteiger partial charge in [-0.15, -0.1) is 0 Å². The molecule has 0 radical (unpaired) electrons. The monoisotopic (exact) mass is 465 g/mol. The van der Waals surface area contributed by atoms with Gasteiger partial charge in [-0.25, -0.2) is 0 Å². The van der Waals surface area contributed by atoms with Gasteiger partial charge in [-0.3, -0.25) is 0 Å². The van der Waals surface area contributed by atoms with E-state index in [1.165, 1.54) is 25.7 Å². The molecule has 10 unspecified atom stereocenters. The molecule has 6 aliphatic rings. The topological polar surface area (TPSA) is 3.24 Å². The molecule has 0 N–H and O–H groups in total. The molecule has 0 aromatic rings. The third-order valence-corrected chi connectivity index (χ3v) is 13.1. The smallest absolute Gasteiger partial charge is 0.230 e. The second-order valence-corrected chi connectivity index (χ2v) is 14.8. The van der Waals surface area contributed by atoms with E-state index >= 15 is 0 Å². The molecule has 6 saturated carbocycles. The van der Waals surface area contributed by atoms with E-state index in [2.05, 4.69) is 32.5 Å². The van der Waals surface area contributed by atoms with Crippen LogP contribution in [0.2, 0.25) is 11.6 Å². The summed E-state index contributed by atoms with van der Waals surface area (Å²) < 4.78 is 0. The maximum absolute atomic E-state index is 3.08. The second kappa shape index (κ2) is 10.1. The molecule has 0 heterocycles. The van der Waals surface area contributed by atoms with Crippen LogP contribution in [0.3, 0.4) is 0 Å². The SMILES string of the molecule is CC(C)N(B(C1CCC2C3CCCCC3CCC12)C1CCC2C3CCCCC3CCC12)C(C)C. The molecule has 0 aromatic carbocycles. The minimum Gasteiger partial charge on any atom is -0.337 e. The molecule has 1 nitrogen and oxygen atoms in total. The molecule has 0 amide bonds. The van der Waals surface area contributed by atoms with Gasteiger partial charge in [0.2, 0.25) is 6.85 Å². The number of rotatable bonds is 5. The highest BCUT2D eigenvalue weighted by molar-refractivity contribution is 6.59. The molecular formula is C32H56BN. The fraction of sp³-hybridized carbons (Fsp3) is 1.00. The summed E-state index contributed by atoms with van der Waals surface area (Å²) in [6.07, 6.45) is 25.1. The summed E-state index contributed by atoms with van der Waals surface area (Å²) in [6, 6.07) is 1.39. The minimum absolute atomic E-state index is 0.695. The molecule has 34 heavy (non-hydrogen) atoms. The Balaban J connectivity index is 1.28. The van der Waals surface area contributed by atoms with Gasteiger partial charge >= 0.3 is 0 Å². The van der Waals surface area contributed by atoms with Crippen molar-refractivity contribution in [2.24, 2.45) is 47.3 Å². The zero-order valence-electron chi connectivity index (χ0n) is 23.3. The number of hydrogen-bond acceptors (Lipinski definition) is 1. The van der Waals surface area contributed by atoms with E-state index in [0.717, 1.165) is 65.8 Å². The van der Waals surface area contributed by atoms with Crippen LogP contribution in [0, 0.1) is 47.3 Å². The van der Waals surface area contributed by atoms with Crippen LogP contribution in [-0.4, -0.2) is 23.7 Å². The zero-order chi connectivity index (χ0) is 23.4. The van der Waals surface area contributed by atoms with E-state index in [1.807, 2.05) is 0 Å². The highest BCUT2D eigenvalue weighted by atomic mass is 15.1. The Morgan fingerprint density at radius 2 is 0.853 bits per heavy atom. The van der Waals surface area contributed by atoms with Crippen molar-refractivity contribution in [1.82, 2.24) is 4.81 Å². The average Bonchev–Trinajstić information content (AvgIpc) is 3.47. The lowest BCUT2D eigenvalue weighted by molar-refractivity contribution is 0.0673. The summed E-state index contributed by atoms with van der Waals surface area (Å²) in [5.74, 6) is 10.8. The number of hydrogen-bond donors (Lipinski definition) is 0. The first-order valence-corrected chi connectivity index (χ1v) is 16.3. The maximum Gasteiger partial charge on any atom is 0.230 e. The van der Waals surface area contributed by atoms with Gasteiger partial charge in [0.05, 0.1) is 0 Å². The molecule has 10 atom stereocenters. The quantitative estimate of drug-likeness (QED) is 0.366. The van der Waals surface area contributed by atoms with Crippen LogP contribution < -0.4 is 0 Å². The largest absolute Gasteiger partial charge is 0.337 e. The molecule has 6 aliphatic carbocycles. The molecule has 6 rings (SSSR count). The fourth-order valence-electron chi connectivity index (χ4n) is 12.2. The lowest BCUT2D eigenvalue weighted by atomic mass is 9.35. The van der Waals surface area contributed by atoms with Crippen LogP contribution in [0.1, 0.15) is 130 Å². The van der Waals surface area contributed by atoms with Crippen molar-refractivity contribution in [3.8, 4) is 0 Å². The third-order valence-electron chi connectivity index (χ3n) is 13.1. The summed E-state index contributed by atoms with van der Waals surface area (Å²) in [5.41, 5.74) is 0. The molecule has 192 valence electrons. The van der Waals surface area contributed by atoms with Gasteiger partial charge in [-0.05, 0) is 96.7 Å². The van der Waals surface area contributed by atoms with Crippen LogP contribution in [0.5, 0.6) is 0 Å². The molecule has 0 aliphatic heterocycles. The Bertz CT molecular complexity index is 632. The van der Waals surface area contributed by atoms with Gasteiger partial charge < -0.3 is 4.81 Å². The summed E-state index contributed by atoms with van der Waals surface area (Å²) in [4.78, 5) is 3.08. The summed E-state index contributed by atoms with van der Waals surface area (Å²) in [7, 11) is 0. The summed E-state index contributed by atoms with van der Waals surface area (Å²) in [6.45, 7) is 11.0. The Hall–Kier alpha value is 0.0249. The standard InChI is InChI=1S/C32H56BN/c1-21(2)34(22(3)4)33(31-19-17-27-25-11-7-5-9-23(25)13-15-29(27)31)32-20-18-28-26-12-8-6-10-24(26)14-16-30(28)32/h21-32H,5-20H2,1-4H3. The Labute approximate surface area is 213 Å². The van der Waals surface area contributed by atoms with Gasteiger partial charge in [0.15, 0.2) is 0 Å². The number of fused-ring (bicyclic) bond motifs is 6. The predicted octanol–water partition coefficient (Wildman–Crippen LogP) is 9.09. The van der Waals surface area contributed by atoms with Crippen molar-refractivity contribution < 1.29 is 0 Å². The maximum atomic E-state index is 3.08. The van der Waals surface area contributed by atoms with E-state index in [-0.39, 0.29) is 0 Å². The highest BCUT2D eigenvalue weighted by Crippen LogP contribution is 2.63. The van der Waals surface area contributed by atoms with Crippen molar-refractivity contribution in [3.63, 3.8) is 0 Å². The van der Waals surface area contributed by atoms with Gasteiger partial charge in [0, 0.05) is 0 Å². The minimum atomic E-state index is 0.695. The molecule has 0 bridgehead atoms. The third kappa shape index (κ3) is 4.17. The fourth-order valence-corrected chi connectivity index (χ4v) is 12.2. The number of nitrogens with zero attached hydrogens (tertiary/aromatic N) is 1. The molecule has 0 saturated heterocycles. The van der Waals surface area contributed by atoms with E-state index in [9.17, 15) is 0 Å². The van der Waals surface area contributed by atoms with E-state index in [0.29, 0.717) is 12.1 Å². The van der Waals surface area contributed by atoms with Gasteiger partial charge in [-0.2, -0.15) is 0 Å². The first-order valence-electron chi connectivity index (χ1n) is 16.3. The van der Waals surface area contributed by atoms with Crippen molar-refractivity contribution in [2.45, 2.75) is 154 Å². The van der Waals surface area contributed by atoms with Gasteiger partial charge in [0.25, 0.3) is 0 Å². The zero-order valence-corrected chi connectivity index (χ0v) is 23.3. The Kier molecular flexibility index (Phi) is 7.21. The lowest BCUT2D eigenvalue weighted by Gasteiger charge is -2.50. The van der Waals surface area contributed by atoms with Crippen molar-refractivity contribution in [3.05, 3.63) is 0 Å². The van der Waals surface area contributed by atoms with E-state index < -0.39 is 0 Å². The highest BCUT2D eigenvalue weighted by Gasteiger charge is 2.57. The molecular weight excluding hydrogens is 409 g/mol. The van der Waals surface area contributed by atoms with Gasteiger partial charge in [-0.1, -0.05) is 105 Å². The molecule has 6 fully saturated rings. The van der Waals surface area contributed by atoms with Crippen molar-refractivity contribution in [2.75, 3.05) is 0 Å². The average molecular weight is 466 g/mol. The molecule has 2 heteroatoms. The Morgan fingerprint density at radius 3 is 1.29 bits per heavy atom. The summed E-state index contributed by atoms with van der Waals surface area (Å²) in [5, 5.41) is 0. The predicted molar refractivity (Wildman–Crippen MR) is 147 cm³/mol.